The number of hydrogen-bond acceptors (Lipinski definition) is 2. The van der Waals surface area contributed by atoms with Crippen LogP contribution in [0.4, 0.5) is 0 Å². The second kappa shape index (κ2) is 3.80. The van der Waals surface area contributed by atoms with Crippen LogP contribution in [0.15, 0.2) is 29.3 Å². The molecule has 0 fully saturated rings. The minimum atomic E-state index is 0.337. The van der Waals surface area contributed by atoms with Crippen LogP contribution in [-0.4, -0.2) is 12.4 Å². The Hall–Kier alpha value is -1.35. The van der Waals surface area contributed by atoms with Crippen LogP contribution in [0.3, 0.4) is 0 Å². The van der Waals surface area contributed by atoms with Gasteiger partial charge in [-0.1, -0.05) is 31.2 Å². The van der Waals surface area contributed by atoms with Crippen molar-refractivity contribution in [3.63, 3.8) is 0 Å². The Balaban J connectivity index is 2.21. The molecule has 0 spiro atoms. The molecule has 14 heavy (non-hydrogen) atoms. The maximum atomic E-state index is 5.16. The molecule has 0 radical (unpaired) electrons. The third kappa shape index (κ3) is 1.51. The van der Waals surface area contributed by atoms with Crippen LogP contribution in [0.25, 0.3) is 0 Å². The Kier molecular flexibility index (Phi) is 2.50. The van der Waals surface area contributed by atoms with E-state index in [4.69, 9.17) is 5.84 Å². The van der Waals surface area contributed by atoms with Gasteiger partial charge in [0.25, 0.3) is 0 Å². The molecule has 0 bridgehead atoms. The number of aliphatic imine (C=N–C) groups is 1. The summed E-state index contributed by atoms with van der Waals surface area (Å²) < 4.78 is 0. The van der Waals surface area contributed by atoms with Crippen molar-refractivity contribution in [2.45, 2.75) is 25.3 Å². The monoisotopic (exact) mass is 189 g/mol. The number of nitrogens with zero attached hydrogens (tertiary/aromatic N) is 1. The number of rotatable bonds is 2. The van der Waals surface area contributed by atoms with Crippen LogP contribution in [0.5, 0.6) is 0 Å². The van der Waals surface area contributed by atoms with Gasteiger partial charge >= 0.3 is 0 Å². The Bertz CT molecular complexity index is 346. The van der Waals surface area contributed by atoms with E-state index in [1.165, 1.54) is 11.1 Å². The zero-order valence-electron chi connectivity index (χ0n) is 8.27. The summed E-state index contributed by atoms with van der Waals surface area (Å²) in [6.07, 6.45) is 2.60. The molecule has 1 aliphatic carbocycles. The molecule has 0 amide bonds. The summed E-state index contributed by atoms with van der Waals surface area (Å²) in [6, 6.07) is 8.87. The van der Waals surface area contributed by atoms with Gasteiger partial charge < -0.3 is 5.43 Å². The van der Waals surface area contributed by atoms with E-state index in [9.17, 15) is 0 Å². The largest absolute Gasteiger partial charge is 0.315 e. The first-order valence-electron chi connectivity index (χ1n) is 4.88. The molecule has 2 rings (SSSR count). The molecule has 3 nitrogen and oxygen atoms in total. The van der Waals surface area contributed by atoms with Crippen LogP contribution in [0.2, 0.25) is 0 Å². The van der Waals surface area contributed by atoms with E-state index in [1.807, 2.05) is 0 Å². The van der Waals surface area contributed by atoms with Gasteiger partial charge in [0, 0.05) is 5.92 Å². The highest BCUT2D eigenvalue weighted by Gasteiger charge is 2.27. The molecule has 0 aliphatic heterocycles. The lowest BCUT2D eigenvalue weighted by Gasteiger charge is -2.10. The number of nitrogens with two attached hydrogens (primary N) is 1. The second-order valence-electron chi connectivity index (χ2n) is 3.70. The summed E-state index contributed by atoms with van der Waals surface area (Å²) in [5, 5.41) is 0. The Morgan fingerprint density at radius 1 is 1.50 bits per heavy atom. The molecular weight excluding hydrogens is 174 g/mol. The van der Waals surface area contributed by atoms with Crippen LogP contribution >= 0.6 is 0 Å². The summed E-state index contributed by atoms with van der Waals surface area (Å²) in [6.45, 7) is 2.21. The molecule has 0 heterocycles. The van der Waals surface area contributed by atoms with Crippen molar-refractivity contribution in [1.82, 2.24) is 5.43 Å². The zero-order chi connectivity index (χ0) is 9.97. The Labute approximate surface area is 84.0 Å². The quantitative estimate of drug-likeness (QED) is 0.318. The van der Waals surface area contributed by atoms with Gasteiger partial charge in [0.2, 0.25) is 0 Å². The molecule has 1 aromatic carbocycles. The maximum Gasteiger partial charge on any atom is 0.0967 e. The lowest BCUT2D eigenvalue weighted by Crippen LogP contribution is -2.21. The summed E-state index contributed by atoms with van der Waals surface area (Å²) in [5.41, 5.74) is 5.29. The maximum absolute atomic E-state index is 5.16. The zero-order valence-corrected chi connectivity index (χ0v) is 8.27. The van der Waals surface area contributed by atoms with E-state index in [0.29, 0.717) is 12.0 Å². The smallest absolute Gasteiger partial charge is 0.0967 e. The van der Waals surface area contributed by atoms with Gasteiger partial charge in [-0.25, -0.2) is 5.84 Å². The van der Waals surface area contributed by atoms with E-state index in [2.05, 4.69) is 41.6 Å². The molecular formula is C11H15N3. The van der Waals surface area contributed by atoms with E-state index < -0.39 is 0 Å². The SMILES string of the molecule is CC1c2ccccc2CC1N=CNN. The fourth-order valence-corrected chi connectivity index (χ4v) is 2.09. The van der Waals surface area contributed by atoms with Gasteiger partial charge in [-0.05, 0) is 17.5 Å². The summed E-state index contributed by atoms with van der Waals surface area (Å²) in [5.74, 6) is 5.65. The molecule has 0 saturated heterocycles. The standard InChI is InChI=1S/C11H15N3/c1-8-10-5-3-2-4-9(10)6-11(8)13-7-14-12/h2-5,7-8,11H,6,12H2,1H3,(H,13,14). The highest BCUT2D eigenvalue weighted by Crippen LogP contribution is 2.34. The topological polar surface area (TPSA) is 50.4 Å². The third-order valence-corrected chi connectivity index (χ3v) is 2.89. The molecule has 0 aromatic heterocycles. The Morgan fingerprint density at radius 3 is 3.00 bits per heavy atom. The van der Waals surface area contributed by atoms with E-state index >= 15 is 0 Å². The lowest BCUT2D eigenvalue weighted by molar-refractivity contribution is 0.617. The first kappa shape index (κ1) is 9.21. The predicted molar refractivity (Wildman–Crippen MR) is 58.2 cm³/mol. The van der Waals surface area contributed by atoms with Gasteiger partial charge in [-0.2, -0.15) is 0 Å². The highest BCUT2D eigenvalue weighted by molar-refractivity contribution is 5.54. The minimum Gasteiger partial charge on any atom is -0.315 e. The van der Waals surface area contributed by atoms with Crippen molar-refractivity contribution in [2.75, 3.05) is 0 Å². The lowest BCUT2D eigenvalue weighted by atomic mass is 10.0. The summed E-state index contributed by atoms with van der Waals surface area (Å²) in [4.78, 5) is 4.38. The molecule has 0 saturated carbocycles. The van der Waals surface area contributed by atoms with Crippen LogP contribution in [0.1, 0.15) is 24.0 Å². The first-order valence-corrected chi connectivity index (χ1v) is 4.88. The van der Waals surface area contributed by atoms with Gasteiger partial charge in [0.1, 0.15) is 0 Å². The summed E-state index contributed by atoms with van der Waals surface area (Å²) >= 11 is 0. The average Bonchev–Trinajstić information content (AvgIpc) is 2.54. The normalized spacial score (nSPS) is 25.3. The van der Waals surface area contributed by atoms with Crippen molar-refractivity contribution < 1.29 is 0 Å². The van der Waals surface area contributed by atoms with Gasteiger partial charge in [-0.15, -0.1) is 0 Å². The number of benzene rings is 1. The average molecular weight is 189 g/mol. The molecule has 2 atom stereocenters. The third-order valence-electron chi connectivity index (χ3n) is 2.89. The highest BCUT2D eigenvalue weighted by atomic mass is 15.2. The molecule has 3 heteroatoms. The van der Waals surface area contributed by atoms with Crippen molar-refractivity contribution in [3.05, 3.63) is 35.4 Å². The fraction of sp³-hybridized carbons (Fsp3) is 0.364. The van der Waals surface area contributed by atoms with E-state index in [-0.39, 0.29) is 0 Å². The number of hydrogen-bond donors (Lipinski definition) is 2. The van der Waals surface area contributed by atoms with E-state index in [0.717, 1.165) is 6.42 Å². The molecule has 74 valence electrons. The number of fused-ring (bicyclic) bond motifs is 1. The molecule has 1 aromatic rings. The van der Waals surface area contributed by atoms with Crippen LogP contribution in [-0.2, 0) is 6.42 Å². The van der Waals surface area contributed by atoms with Crippen molar-refractivity contribution in [1.29, 1.82) is 0 Å². The number of hydrazine groups is 1. The van der Waals surface area contributed by atoms with Crippen LogP contribution < -0.4 is 11.3 Å². The van der Waals surface area contributed by atoms with Gasteiger partial charge in [0.05, 0.1) is 12.4 Å². The van der Waals surface area contributed by atoms with Crippen molar-refractivity contribution >= 4 is 6.34 Å². The fourth-order valence-electron chi connectivity index (χ4n) is 2.09. The molecule has 3 N–H and O–H groups in total. The van der Waals surface area contributed by atoms with E-state index in [1.54, 1.807) is 6.34 Å². The van der Waals surface area contributed by atoms with Crippen LogP contribution in [0, 0.1) is 0 Å². The predicted octanol–water partition coefficient (Wildman–Crippen LogP) is 1.21. The number of nitrogens with one attached hydrogen (secondary N) is 1. The van der Waals surface area contributed by atoms with Gasteiger partial charge in [0.15, 0.2) is 0 Å². The van der Waals surface area contributed by atoms with Crippen molar-refractivity contribution in [3.8, 4) is 0 Å². The molecule has 1 aliphatic rings. The summed E-state index contributed by atoms with van der Waals surface area (Å²) in [7, 11) is 0. The van der Waals surface area contributed by atoms with Gasteiger partial charge in [-0.3, -0.25) is 4.99 Å². The Morgan fingerprint density at radius 2 is 2.29 bits per heavy atom. The minimum absolute atomic E-state index is 0.337. The molecule has 2 unspecified atom stereocenters. The second-order valence-corrected chi connectivity index (χ2v) is 3.70. The van der Waals surface area contributed by atoms with Crippen molar-refractivity contribution in [2.24, 2.45) is 10.8 Å². The first-order chi connectivity index (χ1) is 6.83.